The van der Waals surface area contributed by atoms with Gasteiger partial charge in [-0.1, -0.05) is 61.0 Å². The molecular formula is C19H23N. The van der Waals surface area contributed by atoms with Crippen molar-refractivity contribution in [1.29, 1.82) is 0 Å². The van der Waals surface area contributed by atoms with Gasteiger partial charge in [0.1, 0.15) is 0 Å². The second-order valence-corrected chi connectivity index (χ2v) is 5.89. The van der Waals surface area contributed by atoms with Crippen LogP contribution in [0.1, 0.15) is 54.3 Å². The minimum Gasteiger partial charge on any atom is -0.324 e. The Morgan fingerprint density at radius 2 is 1.65 bits per heavy atom. The van der Waals surface area contributed by atoms with Crippen molar-refractivity contribution in [2.24, 2.45) is 5.73 Å². The third-order valence-corrected chi connectivity index (χ3v) is 4.53. The van der Waals surface area contributed by atoms with Crippen molar-refractivity contribution in [2.45, 2.75) is 44.1 Å². The Morgan fingerprint density at radius 1 is 0.950 bits per heavy atom. The van der Waals surface area contributed by atoms with Crippen LogP contribution in [-0.4, -0.2) is 0 Å². The van der Waals surface area contributed by atoms with Crippen LogP contribution in [0.25, 0.3) is 0 Å². The van der Waals surface area contributed by atoms with Gasteiger partial charge in [-0.15, -0.1) is 0 Å². The lowest BCUT2D eigenvalue weighted by Gasteiger charge is -2.29. The van der Waals surface area contributed by atoms with Gasteiger partial charge in [0.05, 0.1) is 0 Å². The van der Waals surface area contributed by atoms with Crippen LogP contribution in [0.3, 0.4) is 0 Å². The molecule has 1 atom stereocenters. The molecule has 1 heteroatoms. The molecule has 104 valence electrons. The molecule has 1 aliphatic carbocycles. The average molecular weight is 265 g/mol. The highest BCUT2D eigenvalue weighted by Gasteiger charge is 2.23. The van der Waals surface area contributed by atoms with Gasteiger partial charge in [-0.05, 0) is 48.3 Å². The van der Waals surface area contributed by atoms with Crippen LogP contribution in [0, 0.1) is 0 Å². The molecule has 0 heterocycles. The highest BCUT2D eigenvalue weighted by atomic mass is 14.6. The van der Waals surface area contributed by atoms with E-state index in [9.17, 15) is 0 Å². The first-order chi connectivity index (χ1) is 9.84. The average Bonchev–Trinajstić information content (AvgIpc) is 2.45. The number of aryl methyl sites for hydroxylation is 1. The van der Waals surface area contributed by atoms with Crippen molar-refractivity contribution in [2.75, 3.05) is 0 Å². The maximum Gasteiger partial charge on any atom is 0.0300 e. The third kappa shape index (κ3) is 2.94. The topological polar surface area (TPSA) is 26.0 Å². The maximum atomic E-state index is 6.46. The van der Waals surface area contributed by atoms with Gasteiger partial charge in [0.25, 0.3) is 0 Å². The lowest BCUT2D eigenvalue weighted by molar-refractivity contribution is 0.414. The van der Waals surface area contributed by atoms with Gasteiger partial charge in [-0.3, -0.25) is 0 Å². The molecule has 0 bridgehead atoms. The number of rotatable bonds is 5. The van der Waals surface area contributed by atoms with E-state index in [0.29, 0.717) is 0 Å². The number of nitrogens with two attached hydrogens (primary N) is 1. The summed E-state index contributed by atoms with van der Waals surface area (Å²) in [4.78, 5) is 0. The van der Waals surface area contributed by atoms with Gasteiger partial charge in [-0.25, -0.2) is 0 Å². The van der Waals surface area contributed by atoms with Crippen molar-refractivity contribution in [3.05, 3.63) is 71.3 Å². The van der Waals surface area contributed by atoms with E-state index < -0.39 is 0 Å². The zero-order valence-corrected chi connectivity index (χ0v) is 12.0. The van der Waals surface area contributed by atoms with Crippen LogP contribution in [0.4, 0.5) is 0 Å². The molecule has 1 aliphatic rings. The minimum atomic E-state index is 0.159. The first-order valence-corrected chi connectivity index (χ1v) is 7.73. The number of benzene rings is 2. The third-order valence-electron chi connectivity index (χ3n) is 4.53. The van der Waals surface area contributed by atoms with Gasteiger partial charge in [0.15, 0.2) is 0 Å². The van der Waals surface area contributed by atoms with Crippen LogP contribution in [0.15, 0.2) is 54.6 Å². The summed E-state index contributed by atoms with van der Waals surface area (Å²) in [5.74, 6) is 0.758. The van der Waals surface area contributed by atoms with Crippen molar-refractivity contribution >= 4 is 0 Å². The SMILES string of the molecule is NC(CCc1ccccc1)c1ccccc1C1CCC1. The molecule has 0 spiro atoms. The Hall–Kier alpha value is -1.60. The molecule has 1 fully saturated rings. The summed E-state index contributed by atoms with van der Waals surface area (Å²) in [5.41, 5.74) is 10.7. The Balaban J connectivity index is 1.69. The first kappa shape index (κ1) is 13.4. The van der Waals surface area contributed by atoms with Crippen LogP contribution in [0.2, 0.25) is 0 Å². The lowest BCUT2D eigenvalue weighted by Crippen LogP contribution is -2.18. The fraction of sp³-hybridized carbons (Fsp3) is 0.368. The van der Waals surface area contributed by atoms with Gasteiger partial charge in [0, 0.05) is 6.04 Å². The molecule has 2 aromatic carbocycles. The standard InChI is InChI=1S/C19H23N/c20-19(14-13-15-7-2-1-3-8-15)18-12-5-4-11-17(18)16-9-6-10-16/h1-5,7-8,11-12,16,19H,6,9-10,13-14,20H2. The molecule has 20 heavy (non-hydrogen) atoms. The van der Waals surface area contributed by atoms with Gasteiger partial charge in [0.2, 0.25) is 0 Å². The summed E-state index contributed by atoms with van der Waals surface area (Å²) in [6.45, 7) is 0. The van der Waals surface area contributed by atoms with Crippen LogP contribution < -0.4 is 5.73 Å². The number of hydrogen-bond acceptors (Lipinski definition) is 1. The van der Waals surface area contributed by atoms with E-state index in [0.717, 1.165) is 18.8 Å². The maximum absolute atomic E-state index is 6.46. The predicted octanol–water partition coefficient (Wildman–Crippen LogP) is 4.59. The molecule has 0 saturated heterocycles. The second kappa shape index (κ2) is 6.23. The molecule has 0 aliphatic heterocycles. The molecule has 0 amide bonds. The van der Waals surface area contributed by atoms with Gasteiger partial charge >= 0.3 is 0 Å². The van der Waals surface area contributed by atoms with Crippen molar-refractivity contribution in [3.8, 4) is 0 Å². The Morgan fingerprint density at radius 3 is 2.35 bits per heavy atom. The monoisotopic (exact) mass is 265 g/mol. The van der Waals surface area contributed by atoms with Gasteiger partial charge in [-0.2, -0.15) is 0 Å². The molecule has 3 rings (SSSR count). The molecule has 0 aromatic heterocycles. The highest BCUT2D eigenvalue weighted by molar-refractivity contribution is 5.34. The van der Waals surface area contributed by atoms with Crippen LogP contribution >= 0.6 is 0 Å². The summed E-state index contributed by atoms with van der Waals surface area (Å²) in [6, 6.07) is 19.6. The Labute approximate surface area is 121 Å². The minimum absolute atomic E-state index is 0.159. The van der Waals surface area contributed by atoms with Crippen molar-refractivity contribution in [1.82, 2.24) is 0 Å². The zero-order valence-electron chi connectivity index (χ0n) is 12.0. The molecule has 2 aromatic rings. The summed E-state index contributed by atoms with van der Waals surface area (Å²) in [7, 11) is 0. The fourth-order valence-electron chi connectivity index (χ4n) is 3.06. The van der Waals surface area contributed by atoms with Crippen LogP contribution in [-0.2, 0) is 6.42 Å². The fourth-order valence-corrected chi connectivity index (χ4v) is 3.06. The molecule has 2 N–H and O–H groups in total. The Kier molecular flexibility index (Phi) is 4.17. The van der Waals surface area contributed by atoms with Crippen molar-refractivity contribution in [3.63, 3.8) is 0 Å². The lowest BCUT2D eigenvalue weighted by atomic mass is 9.77. The normalized spacial score (nSPS) is 16.6. The highest BCUT2D eigenvalue weighted by Crippen LogP contribution is 2.39. The van der Waals surface area contributed by atoms with E-state index in [1.165, 1.54) is 36.0 Å². The molecule has 1 saturated carbocycles. The molecule has 1 nitrogen and oxygen atoms in total. The first-order valence-electron chi connectivity index (χ1n) is 7.73. The summed E-state index contributed by atoms with van der Waals surface area (Å²) in [6.07, 6.45) is 6.12. The molecular weight excluding hydrogens is 242 g/mol. The smallest absolute Gasteiger partial charge is 0.0300 e. The predicted molar refractivity (Wildman–Crippen MR) is 84.7 cm³/mol. The van der Waals surface area contributed by atoms with E-state index in [-0.39, 0.29) is 6.04 Å². The Bertz CT molecular complexity index is 543. The summed E-state index contributed by atoms with van der Waals surface area (Å²) in [5, 5.41) is 0. The van der Waals surface area contributed by atoms with E-state index in [4.69, 9.17) is 5.73 Å². The molecule has 1 unspecified atom stereocenters. The second-order valence-electron chi connectivity index (χ2n) is 5.89. The zero-order chi connectivity index (χ0) is 13.8. The van der Waals surface area contributed by atoms with E-state index in [2.05, 4.69) is 54.6 Å². The van der Waals surface area contributed by atoms with Crippen LogP contribution in [0.5, 0.6) is 0 Å². The largest absolute Gasteiger partial charge is 0.324 e. The summed E-state index contributed by atoms with van der Waals surface area (Å²) >= 11 is 0. The van der Waals surface area contributed by atoms with E-state index >= 15 is 0 Å². The van der Waals surface area contributed by atoms with Gasteiger partial charge < -0.3 is 5.73 Å². The molecule has 0 radical (unpaired) electrons. The van der Waals surface area contributed by atoms with E-state index in [1.54, 1.807) is 0 Å². The quantitative estimate of drug-likeness (QED) is 0.841. The number of hydrogen-bond donors (Lipinski definition) is 1. The van der Waals surface area contributed by atoms with Crippen molar-refractivity contribution < 1.29 is 0 Å². The van der Waals surface area contributed by atoms with E-state index in [1.807, 2.05) is 0 Å². The summed E-state index contributed by atoms with van der Waals surface area (Å²) < 4.78 is 0.